The van der Waals surface area contributed by atoms with E-state index in [1.54, 1.807) is 37.1 Å². The predicted octanol–water partition coefficient (Wildman–Crippen LogP) is 4.74. The van der Waals surface area contributed by atoms with Crippen LogP contribution in [0.15, 0.2) is 58.2 Å². The van der Waals surface area contributed by atoms with Gasteiger partial charge in [0, 0.05) is 38.8 Å². The molecule has 0 N–H and O–H groups in total. The van der Waals surface area contributed by atoms with Crippen molar-refractivity contribution >= 4 is 51.8 Å². The first kappa shape index (κ1) is 27.6. The van der Waals surface area contributed by atoms with Gasteiger partial charge in [0.1, 0.15) is 27.6 Å². The molecule has 7 nitrogen and oxygen atoms in total. The molecular formula is C30H28FN5O2S2. The Morgan fingerprint density at radius 2 is 1.68 bits per heavy atom. The van der Waals surface area contributed by atoms with Crippen LogP contribution in [-0.2, 0) is 18.4 Å². The number of nitriles is 1. The molecule has 2 fully saturated rings. The smallest absolute Gasteiger partial charge is 0.270 e. The molecule has 0 atom stereocenters. The van der Waals surface area contributed by atoms with Crippen molar-refractivity contribution in [2.75, 3.05) is 36.0 Å². The molecule has 10 heteroatoms. The van der Waals surface area contributed by atoms with Crippen molar-refractivity contribution < 1.29 is 9.18 Å². The minimum Gasteiger partial charge on any atom is -0.366 e. The van der Waals surface area contributed by atoms with Crippen molar-refractivity contribution in [2.24, 2.45) is 7.05 Å². The number of aryl methyl sites for hydroxylation is 1. The van der Waals surface area contributed by atoms with E-state index in [4.69, 9.17) is 12.2 Å². The minimum absolute atomic E-state index is 0.0395. The van der Waals surface area contributed by atoms with E-state index < -0.39 is 5.56 Å². The molecule has 1 amide bonds. The second kappa shape index (κ2) is 11.3. The highest BCUT2D eigenvalue weighted by atomic mass is 32.2. The largest absolute Gasteiger partial charge is 0.366 e. The summed E-state index contributed by atoms with van der Waals surface area (Å²) >= 11 is 6.78. The number of thiocarbonyl (C=S) groups is 1. The van der Waals surface area contributed by atoms with Crippen LogP contribution in [0, 0.1) is 31.0 Å². The molecule has 40 heavy (non-hydrogen) atoms. The van der Waals surface area contributed by atoms with Crippen molar-refractivity contribution in [1.29, 1.82) is 5.26 Å². The van der Waals surface area contributed by atoms with Crippen LogP contribution in [0.4, 0.5) is 15.9 Å². The summed E-state index contributed by atoms with van der Waals surface area (Å²) in [7, 11) is 1.64. The summed E-state index contributed by atoms with van der Waals surface area (Å²) in [5.74, 6) is 0.141. The number of rotatable bonds is 5. The summed E-state index contributed by atoms with van der Waals surface area (Å²) in [4.78, 5) is 32.7. The highest BCUT2D eigenvalue weighted by Crippen LogP contribution is 2.37. The fraction of sp³-hybridized carbons (Fsp3) is 0.267. The zero-order valence-corrected chi connectivity index (χ0v) is 24.1. The van der Waals surface area contributed by atoms with E-state index in [9.17, 15) is 19.2 Å². The van der Waals surface area contributed by atoms with Crippen LogP contribution in [-0.4, -0.2) is 45.9 Å². The minimum atomic E-state index is -0.393. The Hall–Kier alpha value is -3.94. The molecule has 2 saturated heterocycles. The average Bonchev–Trinajstić information content (AvgIpc) is 3.21. The number of carbonyl (C=O) groups excluding carboxylic acids is 1. The van der Waals surface area contributed by atoms with Crippen molar-refractivity contribution in [1.82, 2.24) is 9.47 Å². The zero-order valence-electron chi connectivity index (χ0n) is 22.5. The van der Waals surface area contributed by atoms with E-state index in [0.29, 0.717) is 64.6 Å². The van der Waals surface area contributed by atoms with Gasteiger partial charge >= 0.3 is 0 Å². The molecule has 3 aromatic rings. The third kappa shape index (κ3) is 5.15. The van der Waals surface area contributed by atoms with Gasteiger partial charge in [-0.15, -0.1) is 0 Å². The zero-order chi connectivity index (χ0) is 28.6. The molecule has 0 aliphatic carbocycles. The first-order chi connectivity index (χ1) is 19.2. The van der Waals surface area contributed by atoms with E-state index in [0.717, 1.165) is 11.1 Å². The molecule has 5 rings (SSSR count). The molecule has 2 aliphatic rings. The summed E-state index contributed by atoms with van der Waals surface area (Å²) in [6.07, 6.45) is 1.75. The number of halogens is 1. The number of benzene rings is 2. The molecule has 2 aliphatic heterocycles. The van der Waals surface area contributed by atoms with Gasteiger partial charge in [0.15, 0.2) is 0 Å². The van der Waals surface area contributed by atoms with Crippen LogP contribution in [0.1, 0.15) is 27.8 Å². The van der Waals surface area contributed by atoms with Gasteiger partial charge in [0.25, 0.3) is 11.5 Å². The summed E-state index contributed by atoms with van der Waals surface area (Å²) in [6.45, 7) is 6.26. The molecular weight excluding hydrogens is 545 g/mol. The summed E-state index contributed by atoms with van der Waals surface area (Å²) < 4.78 is 16.3. The Morgan fingerprint density at radius 1 is 1.02 bits per heavy atom. The third-order valence-electron chi connectivity index (χ3n) is 7.35. The molecule has 1 aromatic heterocycles. The van der Waals surface area contributed by atoms with Crippen molar-refractivity contribution in [2.45, 2.75) is 20.4 Å². The molecule has 0 unspecified atom stereocenters. The number of pyridine rings is 1. The lowest BCUT2D eigenvalue weighted by Gasteiger charge is -2.38. The van der Waals surface area contributed by atoms with Crippen molar-refractivity contribution in [3.8, 4) is 6.07 Å². The lowest BCUT2D eigenvalue weighted by atomic mass is 10.0. The number of hydrogen-bond acceptors (Lipinski definition) is 7. The molecule has 0 spiro atoms. The molecule has 0 bridgehead atoms. The van der Waals surface area contributed by atoms with E-state index in [1.165, 1.54) is 22.4 Å². The van der Waals surface area contributed by atoms with E-state index in [2.05, 4.69) is 4.90 Å². The van der Waals surface area contributed by atoms with E-state index >= 15 is 0 Å². The van der Waals surface area contributed by atoms with Gasteiger partial charge in [-0.2, -0.15) is 5.26 Å². The number of para-hydroxylation sites is 1. The number of nitrogens with zero attached hydrogens (tertiary/aromatic N) is 5. The highest BCUT2D eigenvalue weighted by molar-refractivity contribution is 8.26. The summed E-state index contributed by atoms with van der Waals surface area (Å²) in [5, 5.41) is 9.78. The predicted molar refractivity (Wildman–Crippen MR) is 162 cm³/mol. The Bertz CT molecular complexity index is 1630. The first-order valence-corrected chi connectivity index (χ1v) is 14.1. The molecule has 0 radical (unpaired) electrons. The maximum Gasteiger partial charge on any atom is 0.270 e. The van der Waals surface area contributed by atoms with Gasteiger partial charge in [-0.1, -0.05) is 65.9 Å². The van der Waals surface area contributed by atoms with Crippen LogP contribution in [0.25, 0.3) is 6.08 Å². The van der Waals surface area contributed by atoms with E-state index in [-0.39, 0.29) is 17.3 Å². The number of amides is 1. The second-order valence-electron chi connectivity index (χ2n) is 9.89. The Balaban J connectivity index is 1.49. The van der Waals surface area contributed by atoms with Crippen molar-refractivity contribution in [3.63, 3.8) is 0 Å². The molecule has 204 valence electrons. The third-order valence-corrected chi connectivity index (χ3v) is 8.73. The number of aromatic nitrogens is 1. The average molecular weight is 574 g/mol. The van der Waals surface area contributed by atoms with Crippen LogP contribution >= 0.6 is 24.0 Å². The topological polar surface area (TPSA) is 72.6 Å². The van der Waals surface area contributed by atoms with Gasteiger partial charge in [-0.05, 0) is 43.2 Å². The number of hydrogen-bond donors (Lipinski definition) is 0. The number of thioether (sulfide) groups is 1. The van der Waals surface area contributed by atoms with Gasteiger partial charge < -0.3 is 9.80 Å². The van der Waals surface area contributed by atoms with Gasteiger partial charge in [0.05, 0.1) is 17.1 Å². The lowest BCUT2D eigenvalue weighted by Crippen LogP contribution is -2.48. The van der Waals surface area contributed by atoms with E-state index in [1.807, 2.05) is 48.2 Å². The molecule has 2 aromatic carbocycles. The Labute approximate surface area is 242 Å². The maximum absolute atomic E-state index is 14.4. The SMILES string of the molecule is Cc1ccc(CN2C(=O)/C(=C/c3c(C)c(C#N)c(=O)n(C)c3N3CCN(c4ccccc4F)CC3)SC2=S)cc1. The maximum atomic E-state index is 14.4. The fourth-order valence-corrected chi connectivity index (χ4v) is 6.34. The highest BCUT2D eigenvalue weighted by Gasteiger charge is 2.33. The number of carbonyl (C=O) groups is 1. The monoisotopic (exact) mass is 573 g/mol. The Kier molecular flexibility index (Phi) is 7.79. The van der Waals surface area contributed by atoms with Crippen molar-refractivity contribution in [3.05, 3.63) is 97.4 Å². The lowest BCUT2D eigenvalue weighted by molar-refractivity contribution is -0.122. The summed E-state index contributed by atoms with van der Waals surface area (Å²) in [5.41, 5.74) is 3.45. The fourth-order valence-electron chi connectivity index (χ4n) is 5.11. The van der Waals surface area contributed by atoms with Gasteiger partial charge in [-0.25, -0.2) is 4.39 Å². The second-order valence-corrected chi connectivity index (χ2v) is 11.6. The van der Waals surface area contributed by atoms with Gasteiger partial charge in [-0.3, -0.25) is 19.1 Å². The standard InChI is InChI=1S/C30H28FN5O2S2/c1-19-8-10-21(11-9-19)18-36-29(38)26(40-30(36)39)16-22-20(2)23(17-32)28(37)33(3)27(22)35-14-12-34(13-15-35)25-7-5-4-6-24(25)31/h4-11,16H,12-15,18H2,1-3H3/b26-16-. The molecule has 0 saturated carbocycles. The quantitative estimate of drug-likeness (QED) is 0.323. The Morgan fingerprint density at radius 3 is 2.33 bits per heavy atom. The van der Waals surface area contributed by atoms with Gasteiger partial charge in [0.2, 0.25) is 0 Å². The first-order valence-electron chi connectivity index (χ1n) is 12.9. The summed E-state index contributed by atoms with van der Waals surface area (Å²) in [6, 6.07) is 16.7. The number of piperazine rings is 1. The van der Waals surface area contributed by atoms with Crippen LogP contribution < -0.4 is 15.4 Å². The normalized spacial score (nSPS) is 16.7. The van der Waals surface area contributed by atoms with Crippen LogP contribution in [0.5, 0.6) is 0 Å². The number of anilines is 2. The molecule has 3 heterocycles. The van der Waals surface area contributed by atoms with Crippen LogP contribution in [0.3, 0.4) is 0 Å². The van der Waals surface area contributed by atoms with Crippen LogP contribution in [0.2, 0.25) is 0 Å².